The molecule has 0 bridgehead atoms. The van der Waals surface area contributed by atoms with Crippen LogP contribution in [-0.2, 0) is 6.18 Å². The van der Waals surface area contributed by atoms with E-state index in [2.05, 4.69) is 20.4 Å². The molecule has 0 spiro atoms. The molecule has 2 heterocycles. The van der Waals surface area contributed by atoms with Gasteiger partial charge in [0.1, 0.15) is 5.82 Å². The SMILES string of the molecule is C[C@H](Sc1nnc(C(F)(F)F)n1N)c1nnc(-c2ccc(F)cc2)o1. The average molecular weight is 374 g/mol. The molecule has 0 amide bonds. The largest absolute Gasteiger partial charge is 0.453 e. The van der Waals surface area contributed by atoms with Crippen molar-refractivity contribution in [2.75, 3.05) is 5.84 Å². The van der Waals surface area contributed by atoms with Crippen LogP contribution in [-0.4, -0.2) is 25.1 Å². The molecule has 0 aliphatic carbocycles. The zero-order valence-corrected chi connectivity index (χ0v) is 13.3. The molecule has 0 unspecified atom stereocenters. The molecular weight excluding hydrogens is 364 g/mol. The van der Waals surface area contributed by atoms with E-state index in [4.69, 9.17) is 10.3 Å². The highest BCUT2D eigenvalue weighted by atomic mass is 32.2. The van der Waals surface area contributed by atoms with E-state index in [-0.39, 0.29) is 16.9 Å². The van der Waals surface area contributed by atoms with Crippen LogP contribution in [0.1, 0.15) is 23.9 Å². The molecule has 25 heavy (non-hydrogen) atoms. The summed E-state index contributed by atoms with van der Waals surface area (Å²) < 4.78 is 56.7. The third-order valence-electron chi connectivity index (χ3n) is 3.08. The number of benzene rings is 1. The first-order chi connectivity index (χ1) is 11.8. The van der Waals surface area contributed by atoms with E-state index in [1.165, 1.54) is 24.3 Å². The number of aromatic nitrogens is 5. The van der Waals surface area contributed by atoms with Gasteiger partial charge >= 0.3 is 6.18 Å². The summed E-state index contributed by atoms with van der Waals surface area (Å²) in [5.41, 5.74) is 0.513. The van der Waals surface area contributed by atoms with Gasteiger partial charge in [-0.25, -0.2) is 9.07 Å². The van der Waals surface area contributed by atoms with Crippen molar-refractivity contribution in [1.29, 1.82) is 0 Å². The van der Waals surface area contributed by atoms with Crippen LogP contribution in [0.4, 0.5) is 17.6 Å². The normalized spacial score (nSPS) is 13.2. The van der Waals surface area contributed by atoms with Crippen LogP contribution in [0.2, 0.25) is 0 Å². The van der Waals surface area contributed by atoms with Gasteiger partial charge in [0.15, 0.2) is 0 Å². The second-order valence-corrected chi connectivity index (χ2v) is 6.19. The number of hydrogen-bond acceptors (Lipinski definition) is 7. The molecular formula is C13H10F4N6OS. The third kappa shape index (κ3) is 3.57. The highest BCUT2D eigenvalue weighted by Crippen LogP contribution is 2.36. The monoisotopic (exact) mass is 374 g/mol. The van der Waals surface area contributed by atoms with Gasteiger partial charge in [0, 0.05) is 5.56 Å². The van der Waals surface area contributed by atoms with Gasteiger partial charge in [0.2, 0.25) is 16.9 Å². The van der Waals surface area contributed by atoms with Crippen molar-refractivity contribution in [3.05, 3.63) is 41.8 Å². The van der Waals surface area contributed by atoms with Gasteiger partial charge < -0.3 is 10.3 Å². The van der Waals surface area contributed by atoms with E-state index in [1.54, 1.807) is 6.92 Å². The van der Waals surface area contributed by atoms with E-state index in [0.29, 0.717) is 10.2 Å². The predicted molar refractivity (Wildman–Crippen MR) is 79.1 cm³/mol. The molecule has 1 aromatic carbocycles. The highest BCUT2D eigenvalue weighted by molar-refractivity contribution is 7.99. The number of hydrogen-bond donors (Lipinski definition) is 1. The molecule has 0 saturated carbocycles. The Balaban J connectivity index is 1.77. The lowest BCUT2D eigenvalue weighted by atomic mass is 10.2. The molecule has 2 N–H and O–H groups in total. The van der Waals surface area contributed by atoms with E-state index >= 15 is 0 Å². The zero-order chi connectivity index (χ0) is 18.2. The fourth-order valence-electron chi connectivity index (χ4n) is 1.87. The molecule has 0 fully saturated rings. The molecule has 0 radical (unpaired) electrons. The van der Waals surface area contributed by atoms with Gasteiger partial charge in [-0.1, -0.05) is 11.8 Å². The first-order valence-electron chi connectivity index (χ1n) is 6.79. The maximum Gasteiger partial charge on any atom is 0.453 e. The lowest BCUT2D eigenvalue weighted by molar-refractivity contribution is -0.146. The van der Waals surface area contributed by atoms with Crippen molar-refractivity contribution < 1.29 is 22.0 Å². The molecule has 0 aliphatic rings. The molecule has 132 valence electrons. The van der Waals surface area contributed by atoms with Crippen molar-refractivity contribution in [1.82, 2.24) is 25.1 Å². The summed E-state index contributed by atoms with van der Waals surface area (Å²) in [7, 11) is 0. The number of thioether (sulfide) groups is 1. The molecule has 12 heteroatoms. The lowest BCUT2D eigenvalue weighted by Gasteiger charge is -2.08. The standard InChI is InChI=1S/C13H10F4N6OS/c1-6(25-12-22-21-11(23(12)18)13(15,16)17)9-19-20-10(24-9)7-2-4-8(14)5-3-7/h2-6H,18H2,1H3/t6-/m0/s1. The average Bonchev–Trinajstić information content (AvgIpc) is 3.15. The van der Waals surface area contributed by atoms with Crippen LogP contribution in [0, 0.1) is 5.82 Å². The summed E-state index contributed by atoms with van der Waals surface area (Å²) in [6, 6.07) is 5.42. The van der Waals surface area contributed by atoms with Crippen LogP contribution in [0.25, 0.3) is 11.5 Å². The Kier molecular flexibility index (Phi) is 4.37. The fourth-order valence-corrected chi connectivity index (χ4v) is 2.67. The van der Waals surface area contributed by atoms with Crippen LogP contribution in [0.5, 0.6) is 0 Å². The van der Waals surface area contributed by atoms with E-state index in [1.807, 2.05) is 0 Å². The first-order valence-corrected chi connectivity index (χ1v) is 7.67. The Hall–Kier alpha value is -2.63. The minimum atomic E-state index is -4.70. The number of rotatable bonds is 4. The Labute approximate surface area is 142 Å². The molecule has 1 atom stereocenters. The highest BCUT2D eigenvalue weighted by Gasteiger charge is 2.38. The molecule has 0 saturated heterocycles. The summed E-state index contributed by atoms with van der Waals surface area (Å²) in [6.45, 7) is 1.63. The van der Waals surface area contributed by atoms with Gasteiger partial charge in [-0.3, -0.25) is 0 Å². The van der Waals surface area contributed by atoms with Gasteiger partial charge in [-0.2, -0.15) is 13.2 Å². The number of nitrogen functional groups attached to an aromatic ring is 1. The van der Waals surface area contributed by atoms with Crippen molar-refractivity contribution in [2.24, 2.45) is 0 Å². The number of nitrogens with two attached hydrogens (primary N) is 1. The molecule has 3 rings (SSSR count). The Morgan fingerprint density at radius 3 is 2.40 bits per heavy atom. The van der Waals surface area contributed by atoms with Crippen molar-refractivity contribution in [3.63, 3.8) is 0 Å². The third-order valence-corrected chi connectivity index (χ3v) is 4.12. The maximum absolute atomic E-state index is 12.9. The van der Waals surface area contributed by atoms with Gasteiger partial charge in [-0.05, 0) is 31.2 Å². The summed E-state index contributed by atoms with van der Waals surface area (Å²) in [5.74, 6) is 3.98. The van der Waals surface area contributed by atoms with Crippen molar-refractivity contribution in [2.45, 2.75) is 23.5 Å². The summed E-state index contributed by atoms with van der Waals surface area (Å²) in [4.78, 5) is 0. The number of nitrogens with zero attached hydrogens (tertiary/aromatic N) is 5. The van der Waals surface area contributed by atoms with Crippen LogP contribution in [0.15, 0.2) is 33.8 Å². The summed E-state index contributed by atoms with van der Waals surface area (Å²) >= 11 is 0.879. The fraction of sp³-hybridized carbons (Fsp3) is 0.231. The second kappa shape index (κ2) is 6.35. The van der Waals surface area contributed by atoms with Crippen LogP contribution in [0.3, 0.4) is 0 Å². The van der Waals surface area contributed by atoms with Crippen molar-refractivity contribution in [3.8, 4) is 11.5 Å². The predicted octanol–water partition coefficient (Wildman–Crippen LogP) is 3.05. The minimum Gasteiger partial charge on any atom is -0.419 e. The number of halogens is 4. The maximum atomic E-state index is 12.9. The first kappa shape index (κ1) is 17.2. The topological polar surface area (TPSA) is 95.7 Å². The summed E-state index contributed by atoms with van der Waals surface area (Å²) in [6.07, 6.45) is -4.70. The van der Waals surface area contributed by atoms with Crippen molar-refractivity contribution >= 4 is 11.8 Å². The lowest BCUT2D eigenvalue weighted by Crippen LogP contribution is -2.21. The van der Waals surface area contributed by atoms with Gasteiger partial charge in [-0.15, -0.1) is 20.4 Å². The minimum absolute atomic E-state index is 0.152. The van der Waals surface area contributed by atoms with Gasteiger partial charge in [0.05, 0.1) is 5.25 Å². The van der Waals surface area contributed by atoms with E-state index in [0.717, 1.165) is 11.8 Å². The van der Waals surface area contributed by atoms with Crippen LogP contribution < -0.4 is 5.84 Å². The van der Waals surface area contributed by atoms with E-state index < -0.39 is 23.1 Å². The molecule has 7 nitrogen and oxygen atoms in total. The Bertz CT molecular complexity index is 876. The smallest absolute Gasteiger partial charge is 0.419 e. The number of alkyl halides is 3. The van der Waals surface area contributed by atoms with E-state index in [9.17, 15) is 17.6 Å². The Morgan fingerprint density at radius 2 is 1.80 bits per heavy atom. The van der Waals surface area contributed by atoms with Gasteiger partial charge in [0.25, 0.3) is 5.82 Å². The quantitative estimate of drug-likeness (QED) is 0.426. The summed E-state index contributed by atoms with van der Waals surface area (Å²) in [5, 5.41) is 13.5. The zero-order valence-electron chi connectivity index (χ0n) is 12.5. The molecule has 2 aromatic heterocycles. The molecule has 0 aliphatic heterocycles. The second-order valence-electron chi connectivity index (χ2n) is 4.89. The Morgan fingerprint density at radius 1 is 1.12 bits per heavy atom. The molecule has 3 aromatic rings. The van der Waals surface area contributed by atoms with Crippen LogP contribution >= 0.6 is 11.8 Å².